The molecule has 0 aliphatic heterocycles. The van der Waals surface area contributed by atoms with Crippen molar-refractivity contribution in [2.24, 2.45) is 0 Å². The number of rotatable bonds is 3. The Morgan fingerprint density at radius 2 is 0.667 bits per heavy atom. The molecule has 0 radical (unpaired) electrons. The molecule has 0 spiro atoms. The Balaban J connectivity index is 0.000000368. The van der Waals surface area contributed by atoms with E-state index in [1.807, 2.05) is 0 Å². The van der Waals surface area contributed by atoms with Gasteiger partial charge in [-0.15, -0.1) is 0 Å². The third-order valence-corrected chi connectivity index (χ3v) is 10.0. The Labute approximate surface area is 169 Å². The van der Waals surface area contributed by atoms with E-state index in [1.54, 1.807) is 0 Å². The summed E-state index contributed by atoms with van der Waals surface area (Å²) in [6, 6.07) is 32.9. The molecule has 0 aliphatic carbocycles. The molecule has 3 aromatic rings. The van der Waals surface area contributed by atoms with Gasteiger partial charge in [0.15, 0.2) is 0 Å². The first-order chi connectivity index (χ1) is 11.4. The number of hydrogen-bond donors (Lipinski definition) is 0. The van der Waals surface area contributed by atoms with Crippen molar-refractivity contribution in [3.05, 3.63) is 91.0 Å². The minimum absolute atomic E-state index is 1.52. The van der Waals surface area contributed by atoms with Crippen LogP contribution in [0.2, 0.25) is 0 Å². The van der Waals surface area contributed by atoms with Crippen molar-refractivity contribution in [2.45, 2.75) is 0 Å². The number of halogens is 4. The zero-order valence-electron chi connectivity index (χ0n) is 12.6. The molecule has 0 N–H and O–H groups in total. The van der Waals surface area contributed by atoms with Crippen LogP contribution in [-0.4, -0.2) is 20.2 Å². The van der Waals surface area contributed by atoms with Crippen LogP contribution in [0.4, 0.5) is 0 Å². The van der Waals surface area contributed by atoms with Crippen LogP contribution in [0, 0.1) is 0 Å². The SMILES string of the molecule is [Cl][Ti]([Cl])([Cl])[Cl].c1cc[c]([Sb]([c]2ccccc2)[c]2ccccc2)cc1. The monoisotopic (exact) mass is 540 g/mol. The van der Waals surface area contributed by atoms with Gasteiger partial charge in [-0.25, -0.2) is 0 Å². The minimum atomic E-state index is -3.11. The third kappa shape index (κ3) is 7.71. The van der Waals surface area contributed by atoms with Gasteiger partial charge in [0.1, 0.15) is 0 Å². The quantitative estimate of drug-likeness (QED) is 0.411. The van der Waals surface area contributed by atoms with Crippen LogP contribution in [-0.2, 0) is 12.3 Å². The molecule has 3 aromatic carbocycles. The van der Waals surface area contributed by atoms with Crippen LogP contribution >= 0.6 is 37.2 Å². The van der Waals surface area contributed by atoms with E-state index in [-0.39, 0.29) is 0 Å². The van der Waals surface area contributed by atoms with Crippen LogP contribution in [0.15, 0.2) is 91.0 Å². The normalized spacial score (nSPS) is 10.9. The second kappa shape index (κ2) is 10.5. The molecule has 0 aromatic heterocycles. The average Bonchev–Trinajstić information content (AvgIpc) is 2.57. The summed E-state index contributed by atoms with van der Waals surface area (Å²) in [7, 11) is 20.1. The van der Waals surface area contributed by atoms with Gasteiger partial charge in [0.05, 0.1) is 0 Å². The molecule has 0 saturated carbocycles. The molecule has 124 valence electrons. The van der Waals surface area contributed by atoms with Gasteiger partial charge in [-0.1, -0.05) is 0 Å². The topological polar surface area (TPSA) is 0 Å². The first-order valence-corrected chi connectivity index (χ1v) is 19.6. The maximum atomic E-state index is 5.01. The fourth-order valence-corrected chi connectivity index (χ4v) is 8.76. The van der Waals surface area contributed by atoms with Crippen LogP contribution in [0.25, 0.3) is 0 Å². The fraction of sp³-hybridized carbons (Fsp3) is 0. The van der Waals surface area contributed by atoms with Gasteiger partial charge >= 0.3 is 171 Å². The molecule has 0 bridgehead atoms. The van der Waals surface area contributed by atoms with Gasteiger partial charge in [-0.3, -0.25) is 0 Å². The molecule has 0 heterocycles. The molecule has 3 rings (SSSR count). The first-order valence-electron chi connectivity index (χ1n) is 7.16. The van der Waals surface area contributed by atoms with Crippen LogP contribution in [0.5, 0.6) is 0 Å². The second-order valence-corrected chi connectivity index (χ2v) is 26.6. The number of hydrogen-bond acceptors (Lipinski definition) is 0. The van der Waals surface area contributed by atoms with Gasteiger partial charge in [-0.2, -0.15) is 0 Å². The van der Waals surface area contributed by atoms with Crippen molar-refractivity contribution >= 4 is 68.0 Å². The van der Waals surface area contributed by atoms with Crippen molar-refractivity contribution < 1.29 is 12.3 Å². The van der Waals surface area contributed by atoms with E-state index >= 15 is 0 Å². The molecule has 0 fully saturated rings. The fourth-order valence-electron chi connectivity index (χ4n) is 2.18. The van der Waals surface area contributed by atoms with Crippen molar-refractivity contribution in [3.63, 3.8) is 0 Å². The van der Waals surface area contributed by atoms with E-state index in [0.717, 1.165) is 0 Å². The molecule has 0 nitrogen and oxygen atoms in total. The van der Waals surface area contributed by atoms with Crippen LogP contribution < -0.4 is 10.5 Å². The van der Waals surface area contributed by atoms with Gasteiger partial charge < -0.3 is 0 Å². The van der Waals surface area contributed by atoms with E-state index in [0.29, 0.717) is 0 Å². The molecule has 0 saturated heterocycles. The molecule has 24 heavy (non-hydrogen) atoms. The van der Waals surface area contributed by atoms with Crippen molar-refractivity contribution in [3.8, 4) is 0 Å². The van der Waals surface area contributed by atoms with E-state index in [9.17, 15) is 0 Å². The summed E-state index contributed by atoms with van der Waals surface area (Å²) in [5.41, 5.74) is 0. The molecular formula is C18H15Cl4SbTi. The van der Waals surface area contributed by atoms with Gasteiger partial charge in [0, 0.05) is 0 Å². The number of benzene rings is 3. The van der Waals surface area contributed by atoms with E-state index in [2.05, 4.69) is 91.0 Å². The summed E-state index contributed by atoms with van der Waals surface area (Å²) in [4.78, 5) is 0. The Hall–Kier alpha value is 0.352. The molecule has 0 aliphatic rings. The molecular weight excluding hydrogens is 528 g/mol. The van der Waals surface area contributed by atoms with E-state index < -0.39 is 32.6 Å². The van der Waals surface area contributed by atoms with Crippen molar-refractivity contribution in [2.75, 3.05) is 0 Å². The maximum absolute atomic E-state index is 5.01. The Morgan fingerprint density at radius 3 is 0.875 bits per heavy atom. The molecule has 0 unspecified atom stereocenters. The Bertz CT molecular complexity index is 618. The summed E-state index contributed by atoms with van der Waals surface area (Å²) in [5, 5.41) is 0. The second-order valence-electron chi connectivity index (χ2n) is 4.77. The first kappa shape index (κ1) is 20.7. The van der Waals surface area contributed by atoms with Crippen LogP contribution in [0.3, 0.4) is 0 Å². The molecule has 6 heteroatoms. The van der Waals surface area contributed by atoms with E-state index in [4.69, 9.17) is 37.2 Å². The third-order valence-electron chi connectivity index (χ3n) is 3.04. The molecule has 0 atom stereocenters. The van der Waals surface area contributed by atoms with Gasteiger partial charge in [0.25, 0.3) is 0 Å². The summed E-state index contributed by atoms with van der Waals surface area (Å²) in [6.45, 7) is 0. The zero-order chi connectivity index (χ0) is 17.4. The standard InChI is InChI=1S/3C6H5.4ClH.Sb.Ti/c3*1-2-4-6-5-3-1;;;;;;/h3*1-5H;4*1H;;/q;;;;;;;;+4/p-4. The van der Waals surface area contributed by atoms with E-state index in [1.165, 1.54) is 10.5 Å². The summed E-state index contributed by atoms with van der Waals surface area (Å²) in [6.07, 6.45) is 0. The summed E-state index contributed by atoms with van der Waals surface area (Å²) in [5.74, 6) is 0. The average molecular weight is 543 g/mol. The Morgan fingerprint density at radius 1 is 0.458 bits per heavy atom. The zero-order valence-corrected chi connectivity index (χ0v) is 19.8. The molecule has 0 amide bonds. The summed E-state index contributed by atoms with van der Waals surface area (Å²) >= 11 is -4.94. The predicted octanol–water partition coefficient (Wildman–Crippen LogP) is 4.96. The van der Waals surface area contributed by atoms with Crippen molar-refractivity contribution in [1.82, 2.24) is 0 Å². The Kier molecular flexibility index (Phi) is 9.03. The van der Waals surface area contributed by atoms with Crippen molar-refractivity contribution in [1.29, 1.82) is 0 Å². The predicted molar refractivity (Wildman–Crippen MR) is 107 cm³/mol. The van der Waals surface area contributed by atoms with Gasteiger partial charge in [-0.05, 0) is 0 Å². The van der Waals surface area contributed by atoms with Gasteiger partial charge in [0.2, 0.25) is 0 Å². The summed E-state index contributed by atoms with van der Waals surface area (Å²) < 4.78 is 4.55. The van der Waals surface area contributed by atoms with Crippen LogP contribution in [0.1, 0.15) is 0 Å².